The van der Waals surface area contributed by atoms with Crippen molar-refractivity contribution in [3.05, 3.63) is 26.6 Å². The van der Waals surface area contributed by atoms with E-state index in [0.29, 0.717) is 19.0 Å². The maximum Gasteiger partial charge on any atom is 0.259 e. The van der Waals surface area contributed by atoms with Crippen LogP contribution in [-0.2, 0) is 24.1 Å². The monoisotopic (exact) mass is 307 g/mol. The summed E-state index contributed by atoms with van der Waals surface area (Å²) in [4.78, 5) is 22.2. The van der Waals surface area contributed by atoms with E-state index in [-0.39, 0.29) is 5.56 Å². The summed E-state index contributed by atoms with van der Waals surface area (Å²) in [6.45, 7) is 1.97. The molecule has 1 aliphatic rings. The van der Waals surface area contributed by atoms with Crippen LogP contribution in [0, 0.1) is 0 Å². The molecule has 2 N–H and O–H groups in total. The Balaban J connectivity index is 1.88. The number of methoxy groups -OCH3 is 1. The van der Waals surface area contributed by atoms with Gasteiger partial charge in [-0.1, -0.05) is 6.42 Å². The molecule has 2 aromatic heterocycles. The number of ether oxygens (including phenoxy) is 1. The van der Waals surface area contributed by atoms with Crippen molar-refractivity contribution in [2.75, 3.05) is 20.3 Å². The lowest BCUT2D eigenvalue weighted by Gasteiger charge is -2.04. The van der Waals surface area contributed by atoms with Crippen molar-refractivity contribution in [2.45, 2.75) is 38.6 Å². The zero-order valence-electron chi connectivity index (χ0n) is 12.3. The lowest BCUT2D eigenvalue weighted by Crippen LogP contribution is -2.22. The fourth-order valence-electron chi connectivity index (χ4n) is 2.85. The van der Waals surface area contributed by atoms with Crippen molar-refractivity contribution in [3.8, 4) is 0 Å². The third-order valence-electron chi connectivity index (χ3n) is 3.90. The number of H-pyrrole nitrogens is 1. The topological polar surface area (TPSA) is 67.0 Å². The summed E-state index contributed by atoms with van der Waals surface area (Å²) in [5, 5.41) is 4.04. The SMILES string of the molecule is COCCNCc1nc2sc3c(c2c(=O)[nH]1)CCCCC3. The molecule has 2 heterocycles. The first-order valence-electron chi connectivity index (χ1n) is 7.52. The van der Waals surface area contributed by atoms with E-state index in [0.717, 1.165) is 29.6 Å². The van der Waals surface area contributed by atoms with Crippen molar-refractivity contribution in [3.63, 3.8) is 0 Å². The first-order valence-corrected chi connectivity index (χ1v) is 8.34. The molecule has 21 heavy (non-hydrogen) atoms. The Hall–Kier alpha value is -1.24. The number of nitrogens with one attached hydrogen (secondary N) is 2. The molecule has 0 spiro atoms. The number of nitrogens with zero attached hydrogens (tertiary/aromatic N) is 1. The number of aromatic nitrogens is 2. The van der Waals surface area contributed by atoms with Gasteiger partial charge < -0.3 is 15.0 Å². The predicted molar refractivity (Wildman–Crippen MR) is 85.1 cm³/mol. The Morgan fingerprint density at radius 1 is 1.33 bits per heavy atom. The van der Waals surface area contributed by atoms with Crippen molar-refractivity contribution in [1.29, 1.82) is 0 Å². The number of aromatic amines is 1. The smallest absolute Gasteiger partial charge is 0.259 e. The molecule has 0 aliphatic heterocycles. The first-order chi connectivity index (χ1) is 10.3. The minimum absolute atomic E-state index is 0.0166. The highest BCUT2D eigenvalue weighted by Crippen LogP contribution is 2.32. The van der Waals surface area contributed by atoms with Gasteiger partial charge >= 0.3 is 0 Å². The Kier molecular flexibility index (Phi) is 4.67. The van der Waals surface area contributed by atoms with Gasteiger partial charge in [-0.25, -0.2) is 4.98 Å². The number of hydrogen-bond acceptors (Lipinski definition) is 5. The molecule has 0 unspecified atom stereocenters. The van der Waals surface area contributed by atoms with Crippen LogP contribution in [-0.4, -0.2) is 30.2 Å². The van der Waals surface area contributed by atoms with Crippen LogP contribution in [0.25, 0.3) is 10.2 Å². The summed E-state index contributed by atoms with van der Waals surface area (Å²) < 4.78 is 4.99. The zero-order valence-corrected chi connectivity index (χ0v) is 13.1. The second-order valence-corrected chi connectivity index (χ2v) is 6.51. The largest absolute Gasteiger partial charge is 0.383 e. The lowest BCUT2D eigenvalue weighted by molar-refractivity contribution is 0.199. The molecule has 0 amide bonds. The molecule has 6 heteroatoms. The van der Waals surface area contributed by atoms with Crippen LogP contribution in [0.2, 0.25) is 0 Å². The van der Waals surface area contributed by atoms with Gasteiger partial charge in [0, 0.05) is 18.5 Å². The van der Waals surface area contributed by atoms with Crippen molar-refractivity contribution < 1.29 is 4.74 Å². The van der Waals surface area contributed by atoms with Crippen LogP contribution >= 0.6 is 11.3 Å². The quantitative estimate of drug-likeness (QED) is 0.655. The van der Waals surface area contributed by atoms with Gasteiger partial charge in [0.2, 0.25) is 0 Å². The predicted octanol–water partition coefficient (Wildman–Crippen LogP) is 1.99. The standard InChI is InChI=1S/C15H21N3O2S/c1-20-8-7-16-9-12-17-14(19)13-10-5-3-2-4-6-11(10)21-15(13)18-12/h16H,2-9H2,1H3,(H,17,18,19). The van der Waals surface area contributed by atoms with E-state index in [1.165, 1.54) is 29.7 Å². The molecule has 3 rings (SSSR count). The molecular weight excluding hydrogens is 286 g/mol. The minimum atomic E-state index is 0.0166. The number of aryl methyl sites for hydroxylation is 2. The van der Waals surface area contributed by atoms with Gasteiger partial charge in [0.05, 0.1) is 18.5 Å². The van der Waals surface area contributed by atoms with E-state index in [2.05, 4.69) is 15.3 Å². The van der Waals surface area contributed by atoms with Crippen LogP contribution in [0.4, 0.5) is 0 Å². The van der Waals surface area contributed by atoms with Crippen LogP contribution in [0.1, 0.15) is 35.5 Å². The van der Waals surface area contributed by atoms with Gasteiger partial charge in [0.15, 0.2) is 0 Å². The second-order valence-electron chi connectivity index (χ2n) is 5.43. The maximum absolute atomic E-state index is 12.4. The summed E-state index contributed by atoms with van der Waals surface area (Å²) in [6.07, 6.45) is 5.78. The van der Waals surface area contributed by atoms with Gasteiger partial charge in [-0.05, 0) is 31.2 Å². The molecule has 0 bridgehead atoms. The van der Waals surface area contributed by atoms with Gasteiger partial charge in [-0.15, -0.1) is 11.3 Å². The minimum Gasteiger partial charge on any atom is -0.383 e. The third kappa shape index (κ3) is 3.17. The molecule has 0 radical (unpaired) electrons. The zero-order chi connectivity index (χ0) is 14.7. The number of thiophene rings is 1. The Bertz CT molecular complexity index is 677. The highest BCUT2D eigenvalue weighted by molar-refractivity contribution is 7.18. The average Bonchev–Trinajstić information content (AvgIpc) is 2.66. The highest BCUT2D eigenvalue weighted by Gasteiger charge is 2.18. The number of hydrogen-bond donors (Lipinski definition) is 2. The second kappa shape index (κ2) is 6.68. The van der Waals surface area contributed by atoms with Crippen LogP contribution < -0.4 is 10.9 Å². The van der Waals surface area contributed by atoms with Crippen molar-refractivity contribution >= 4 is 21.6 Å². The molecule has 0 saturated carbocycles. The molecule has 2 aromatic rings. The summed E-state index contributed by atoms with van der Waals surface area (Å²) >= 11 is 1.70. The Labute approximate surface area is 127 Å². The number of fused-ring (bicyclic) bond motifs is 3. The van der Waals surface area contributed by atoms with Gasteiger partial charge in [0.1, 0.15) is 10.7 Å². The summed E-state index contributed by atoms with van der Waals surface area (Å²) in [5.74, 6) is 0.708. The first kappa shape index (κ1) is 14.7. The van der Waals surface area contributed by atoms with Gasteiger partial charge in [-0.2, -0.15) is 0 Å². The summed E-state index contributed by atoms with van der Waals surface area (Å²) in [6, 6.07) is 0. The summed E-state index contributed by atoms with van der Waals surface area (Å²) in [5.41, 5.74) is 1.27. The summed E-state index contributed by atoms with van der Waals surface area (Å²) in [7, 11) is 1.67. The molecule has 0 aromatic carbocycles. The van der Waals surface area contributed by atoms with Crippen LogP contribution in [0.5, 0.6) is 0 Å². The highest BCUT2D eigenvalue weighted by atomic mass is 32.1. The molecular formula is C15H21N3O2S. The van der Waals surface area contributed by atoms with E-state index in [9.17, 15) is 4.79 Å². The van der Waals surface area contributed by atoms with Crippen molar-refractivity contribution in [2.24, 2.45) is 0 Å². The molecule has 114 valence electrons. The lowest BCUT2D eigenvalue weighted by atomic mass is 10.1. The normalized spacial score (nSPS) is 15.1. The average molecular weight is 307 g/mol. The number of rotatable bonds is 5. The van der Waals surface area contributed by atoms with Gasteiger partial charge in [-0.3, -0.25) is 4.79 Å². The fourth-order valence-corrected chi connectivity index (χ4v) is 4.13. The van der Waals surface area contributed by atoms with E-state index < -0.39 is 0 Å². The van der Waals surface area contributed by atoms with Gasteiger partial charge in [0.25, 0.3) is 5.56 Å². The van der Waals surface area contributed by atoms with E-state index in [1.54, 1.807) is 18.4 Å². The van der Waals surface area contributed by atoms with E-state index >= 15 is 0 Å². The van der Waals surface area contributed by atoms with Crippen LogP contribution in [0.15, 0.2) is 4.79 Å². The molecule has 0 atom stereocenters. The molecule has 0 saturated heterocycles. The molecule has 1 aliphatic carbocycles. The fraction of sp³-hybridized carbons (Fsp3) is 0.600. The Morgan fingerprint density at radius 2 is 2.19 bits per heavy atom. The Morgan fingerprint density at radius 3 is 3.05 bits per heavy atom. The van der Waals surface area contributed by atoms with Crippen molar-refractivity contribution in [1.82, 2.24) is 15.3 Å². The molecule has 5 nitrogen and oxygen atoms in total. The third-order valence-corrected chi connectivity index (χ3v) is 5.09. The van der Waals surface area contributed by atoms with E-state index in [4.69, 9.17) is 4.74 Å². The molecule has 0 fully saturated rings. The van der Waals surface area contributed by atoms with E-state index in [1.807, 2.05) is 0 Å². The van der Waals surface area contributed by atoms with Crippen LogP contribution in [0.3, 0.4) is 0 Å². The maximum atomic E-state index is 12.4.